The summed E-state index contributed by atoms with van der Waals surface area (Å²) in [6.07, 6.45) is 2.07. The molecule has 15 N–H and O–H groups in total. The first-order chi connectivity index (χ1) is 38.9. The number of benzene rings is 4. The van der Waals surface area contributed by atoms with Crippen LogP contribution in [0.25, 0.3) is 21.7 Å². The van der Waals surface area contributed by atoms with Crippen molar-refractivity contribution in [2.45, 2.75) is 106 Å². The van der Waals surface area contributed by atoms with E-state index < -0.39 is 102 Å². The number of nitrogens with zero attached hydrogens (tertiary/aromatic N) is 1. The summed E-state index contributed by atoms with van der Waals surface area (Å²) in [5.74, 6) is -7.17. The Morgan fingerprint density at radius 1 is 0.691 bits per heavy atom. The minimum Gasteiger partial charge on any atom is -0.391 e. The van der Waals surface area contributed by atoms with E-state index in [-0.39, 0.29) is 50.2 Å². The Labute approximate surface area is 481 Å². The van der Waals surface area contributed by atoms with Crippen LogP contribution in [0.2, 0.25) is 5.02 Å². The Bertz CT molecular complexity index is 3140. The number of aromatic nitrogens is 2. The van der Waals surface area contributed by atoms with Gasteiger partial charge in [-0.15, -0.1) is 0 Å². The van der Waals surface area contributed by atoms with Gasteiger partial charge in [0.1, 0.15) is 42.3 Å². The number of H-pyrrole nitrogens is 1. The maximum atomic E-state index is 14.8. The predicted octanol–water partition coefficient (Wildman–Crippen LogP) is 1.75. The number of aliphatic hydroxyl groups excluding tert-OH is 1. The van der Waals surface area contributed by atoms with E-state index >= 15 is 0 Å². The summed E-state index contributed by atoms with van der Waals surface area (Å²) < 4.78 is 0. The second kappa shape index (κ2) is 29.8. The topological polar surface area (TPSA) is 348 Å². The number of nitrogens with one attached hydrogen (secondary N) is 8. The molecular formula is C57H67ClN12O9S2. The largest absolute Gasteiger partial charge is 0.391 e. The number of amides is 8. The van der Waals surface area contributed by atoms with Crippen LogP contribution in [0.3, 0.4) is 0 Å². The molecule has 1 aliphatic rings. The van der Waals surface area contributed by atoms with Crippen LogP contribution in [0, 0.1) is 0 Å². The normalized spacial score (nSPS) is 21.0. The first kappa shape index (κ1) is 61.1. The molecular weight excluding hydrogens is 1100 g/mol. The molecule has 81 heavy (non-hydrogen) atoms. The van der Waals surface area contributed by atoms with E-state index in [1.807, 2.05) is 66.7 Å². The van der Waals surface area contributed by atoms with Crippen LogP contribution in [0.5, 0.6) is 0 Å². The molecule has 3 heterocycles. The number of hydrogen-bond donors (Lipinski definition) is 12. The summed E-state index contributed by atoms with van der Waals surface area (Å²) in [7, 11) is 2.03. The zero-order valence-corrected chi connectivity index (χ0v) is 46.8. The van der Waals surface area contributed by atoms with Crippen LogP contribution < -0.4 is 54.4 Å². The number of halogens is 1. The quantitative estimate of drug-likeness (QED) is 0.0431. The third-order valence-corrected chi connectivity index (χ3v) is 16.2. The van der Waals surface area contributed by atoms with E-state index in [1.54, 1.807) is 42.5 Å². The summed E-state index contributed by atoms with van der Waals surface area (Å²) in [5, 5.41) is 33.2. The molecule has 0 unspecified atom stereocenters. The number of unbranched alkanes of at least 4 members (excludes halogenated alkanes) is 1. The van der Waals surface area contributed by atoms with E-state index in [2.05, 4.69) is 47.2 Å². The lowest BCUT2D eigenvalue weighted by Gasteiger charge is -2.29. The first-order valence-corrected chi connectivity index (χ1v) is 29.3. The Hall–Kier alpha value is -7.54. The fourth-order valence-corrected chi connectivity index (χ4v) is 11.5. The molecule has 0 aliphatic carbocycles. The number of hydrogen-bond acceptors (Lipinski definition) is 14. The highest BCUT2D eigenvalue weighted by molar-refractivity contribution is 8.76. The van der Waals surface area contributed by atoms with Crippen molar-refractivity contribution in [2.24, 2.45) is 17.2 Å². The van der Waals surface area contributed by atoms with Gasteiger partial charge in [-0.05, 0) is 108 Å². The molecule has 0 spiro atoms. The summed E-state index contributed by atoms with van der Waals surface area (Å²) in [4.78, 5) is 122. The van der Waals surface area contributed by atoms with Crippen molar-refractivity contribution < 1.29 is 43.5 Å². The van der Waals surface area contributed by atoms with E-state index in [1.165, 1.54) is 19.3 Å². The van der Waals surface area contributed by atoms with Crippen LogP contribution in [-0.2, 0) is 64.0 Å². The van der Waals surface area contributed by atoms with E-state index in [4.69, 9.17) is 28.8 Å². The van der Waals surface area contributed by atoms with Crippen molar-refractivity contribution in [3.05, 3.63) is 149 Å². The third-order valence-electron chi connectivity index (χ3n) is 13.5. The lowest BCUT2D eigenvalue weighted by molar-refractivity contribution is -0.136. The highest BCUT2D eigenvalue weighted by Gasteiger charge is 2.37. The second-order valence-corrected chi connectivity index (χ2v) is 22.8. The van der Waals surface area contributed by atoms with Gasteiger partial charge in [0.25, 0.3) is 0 Å². The molecule has 1 saturated heterocycles. The lowest BCUT2D eigenvalue weighted by Crippen LogP contribution is -2.62. The molecule has 1 fully saturated rings. The number of nitrogens with two attached hydrogens (primary N) is 3. The van der Waals surface area contributed by atoms with Gasteiger partial charge >= 0.3 is 0 Å². The number of fused-ring (bicyclic) bond motifs is 2. The average Bonchev–Trinajstić information content (AvgIpc) is 3.98. The smallest absolute Gasteiger partial charge is 0.245 e. The minimum absolute atomic E-state index is 0.0117. The van der Waals surface area contributed by atoms with Gasteiger partial charge in [0.2, 0.25) is 47.3 Å². The molecule has 21 nitrogen and oxygen atoms in total. The van der Waals surface area contributed by atoms with E-state index in [0.717, 1.165) is 43.3 Å². The molecule has 0 radical (unpaired) electrons. The number of rotatable bonds is 18. The molecule has 0 saturated carbocycles. The molecule has 0 bridgehead atoms. The van der Waals surface area contributed by atoms with Crippen LogP contribution >= 0.6 is 33.2 Å². The molecule has 24 heteroatoms. The van der Waals surface area contributed by atoms with Gasteiger partial charge in [0, 0.05) is 59.4 Å². The molecule has 7 rings (SSSR count). The maximum absolute atomic E-state index is 14.8. The number of para-hydroxylation sites is 1. The summed E-state index contributed by atoms with van der Waals surface area (Å²) in [6.45, 7) is 1.51. The van der Waals surface area contributed by atoms with E-state index in [0.29, 0.717) is 40.2 Å². The van der Waals surface area contributed by atoms with Crippen LogP contribution in [0.4, 0.5) is 0 Å². The molecule has 9 atom stereocenters. The number of aromatic amines is 1. The van der Waals surface area contributed by atoms with Crippen LogP contribution in [-0.4, -0.2) is 135 Å². The number of primary amides is 1. The third kappa shape index (κ3) is 18.0. The SMILES string of the molecule is C[C@@H](O)[C@@H]1NC(=O)[C@H](CCCCN)NC(=O)[C@@H](Cc2cc3ccccc3[nH]2)NC(=O)[C@H](Cc2ccncc2)NC(=O)[C@H](NC(=O)[C@@H](N)Cc2ccc(Cl)cc2)CSSC[C@@H](C(=O)N[C@@H](Cc2ccc3ccccc3c2)C(N)=O)NC1=O. The Morgan fingerprint density at radius 2 is 1.32 bits per heavy atom. The van der Waals surface area contributed by atoms with Crippen molar-refractivity contribution in [1.29, 1.82) is 0 Å². The monoisotopic (exact) mass is 1160 g/mol. The van der Waals surface area contributed by atoms with Gasteiger partial charge in [-0.25, -0.2) is 0 Å². The van der Waals surface area contributed by atoms with E-state index in [9.17, 15) is 43.5 Å². The van der Waals surface area contributed by atoms with Crippen molar-refractivity contribution >= 4 is 102 Å². The zero-order valence-electron chi connectivity index (χ0n) is 44.4. The molecule has 1 aliphatic heterocycles. The number of carbonyl (C=O) groups excluding carboxylic acids is 8. The Morgan fingerprint density at radius 3 is 2.01 bits per heavy atom. The van der Waals surface area contributed by atoms with Gasteiger partial charge in [-0.3, -0.25) is 43.3 Å². The van der Waals surface area contributed by atoms with Crippen molar-refractivity contribution in [1.82, 2.24) is 47.2 Å². The van der Waals surface area contributed by atoms with Crippen molar-refractivity contribution in [3.8, 4) is 0 Å². The van der Waals surface area contributed by atoms with Gasteiger partial charge in [0.15, 0.2) is 0 Å². The van der Waals surface area contributed by atoms with Crippen LogP contribution in [0.15, 0.2) is 122 Å². The highest BCUT2D eigenvalue weighted by atomic mass is 35.5. The van der Waals surface area contributed by atoms with Crippen molar-refractivity contribution in [2.75, 3.05) is 18.1 Å². The number of aliphatic hydroxyl groups is 1. The molecule has 428 valence electrons. The fourth-order valence-electron chi connectivity index (χ4n) is 9.08. The number of carbonyl (C=O) groups is 8. The molecule has 6 aromatic rings. The van der Waals surface area contributed by atoms with Crippen LogP contribution in [0.1, 0.15) is 48.6 Å². The standard InChI is InChI=1S/C57H67ClN12O9S2/c1-32(71)49-57(79)69-48(55(77)65-44(50(61)72)27-35-13-16-36-8-2-3-9-37(36)24-35)31-81-80-30-47(68-51(73)41(60)25-33-14-17-39(58)18-15-33)56(78)66-45(26-34-19-22-62-23-20-34)53(75)67-46(29-40-28-38-10-4-5-11-42(38)63-40)54(76)64-43(52(74)70-49)12-6-7-21-59/h2-5,8-11,13-20,22-24,28,32,41,43-49,63,71H,6-7,12,21,25-27,29-31,59-60H2,1H3,(H2,61,72)(H,64,76)(H,65,77)(H,66,78)(H,67,75)(H,68,73)(H,69,79)(H,70,74)/t32-,41+,43+,44+,45+,46-,47-,48+,49+/m1/s1. The Kier molecular flexibility index (Phi) is 22.5. The van der Waals surface area contributed by atoms with Gasteiger partial charge in [-0.1, -0.05) is 106 Å². The minimum atomic E-state index is -1.70. The summed E-state index contributed by atoms with van der Waals surface area (Å²) in [6, 6.07) is 21.2. The van der Waals surface area contributed by atoms with Gasteiger partial charge in [-0.2, -0.15) is 0 Å². The number of pyridine rings is 1. The highest BCUT2D eigenvalue weighted by Crippen LogP contribution is 2.25. The first-order valence-electron chi connectivity index (χ1n) is 26.4. The second-order valence-electron chi connectivity index (χ2n) is 19.8. The maximum Gasteiger partial charge on any atom is 0.245 e. The predicted molar refractivity (Wildman–Crippen MR) is 313 cm³/mol. The summed E-state index contributed by atoms with van der Waals surface area (Å²) in [5.41, 5.74) is 21.4. The fraction of sp³-hybridized carbons (Fsp3) is 0.351. The van der Waals surface area contributed by atoms with Gasteiger partial charge in [0.05, 0.1) is 12.1 Å². The average molecular weight is 1160 g/mol. The molecule has 2 aromatic heterocycles. The summed E-state index contributed by atoms with van der Waals surface area (Å²) >= 11 is 6.10. The Balaban J connectivity index is 1.24. The molecule has 8 amide bonds. The molecule has 4 aromatic carbocycles. The van der Waals surface area contributed by atoms with Crippen molar-refractivity contribution in [3.63, 3.8) is 0 Å². The van der Waals surface area contributed by atoms with Gasteiger partial charge < -0.3 is 64.5 Å². The zero-order chi connectivity index (χ0) is 58.0. The lowest BCUT2D eigenvalue weighted by atomic mass is 10.0.